The van der Waals surface area contributed by atoms with Crippen molar-refractivity contribution in [1.82, 2.24) is 0 Å². The minimum atomic E-state index is -1.26. The molecule has 0 aliphatic heterocycles. The first-order valence-corrected chi connectivity index (χ1v) is 4.93. The zero-order valence-corrected chi connectivity index (χ0v) is 8.58. The van der Waals surface area contributed by atoms with Crippen molar-refractivity contribution in [2.75, 3.05) is 0 Å². The maximum Gasteiger partial charge on any atom is 0.323 e. The van der Waals surface area contributed by atoms with E-state index in [-0.39, 0.29) is 6.10 Å². The summed E-state index contributed by atoms with van der Waals surface area (Å²) in [6.07, 6.45) is 2.15. The number of carbonyl (C=O) groups excluding carboxylic acids is 1. The van der Waals surface area contributed by atoms with Crippen molar-refractivity contribution in [1.29, 1.82) is 0 Å². The number of hydrogen-bond donors (Lipinski definition) is 1. The van der Waals surface area contributed by atoms with Crippen LogP contribution in [-0.4, -0.2) is 23.1 Å². The summed E-state index contributed by atoms with van der Waals surface area (Å²) in [5, 5.41) is 9.05. The van der Waals surface area contributed by atoms with Gasteiger partial charge in [0.1, 0.15) is 0 Å². The summed E-state index contributed by atoms with van der Waals surface area (Å²) >= 11 is 0. The molecule has 4 heteroatoms. The van der Waals surface area contributed by atoms with Crippen LogP contribution in [0.2, 0.25) is 0 Å². The van der Waals surface area contributed by atoms with Gasteiger partial charge in [-0.2, -0.15) is 0 Å². The van der Waals surface area contributed by atoms with E-state index in [1.54, 1.807) is 13.8 Å². The van der Waals surface area contributed by atoms with Crippen LogP contribution in [0.3, 0.4) is 0 Å². The predicted octanol–water partition coefficient (Wildman–Crippen LogP) is 1.58. The van der Waals surface area contributed by atoms with Gasteiger partial charge < -0.3 is 9.84 Å². The van der Waals surface area contributed by atoms with E-state index in [0.29, 0.717) is 12.8 Å². The van der Waals surface area contributed by atoms with Crippen LogP contribution in [0, 0.1) is 5.41 Å². The van der Waals surface area contributed by atoms with E-state index in [9.17, 15) is 9.59 Å². The third-order valence-electron chi connectivity index (χ3n) is 2.60. The second kappa shape index (κ2) is 3.98. The number of ether oxygens (including phenoxy) is 1. The number of carboxylic acids is 1. The van der Waals surface area contributed by atoms with Crippen LogP contribution in [0.5, 0.6) is 0 Å². The fraction of sp³-hybridized carbons (Fsp3) is 0.800. The number of hydrogen-bond acceptors (Lipinski definition) is 3. The van der Waals surface area contributed by atoms with Crippen LogP contribution in [0.1, 0.15) is 39.5 Å². The van der Waals surface area contributed by atoms with Crippen molar-refractivity contribution in [2.24, 2.45) is 5.41 Å². The van der Waals surface area contributed by atoms with Gasteiger partial charge in [0.25, 0.3) is 0 Å². The maximum atomic E-state index is 11.6. The van der Waals surface area contributed by atoms with E-state index in [2.05, 4.69) is 0 Å². The van der Waals surface area contributed by atoms with Crippen molar-refractivity contribution < 1.29 is 19.4 Å². The molecule has 80 valence electrons. The third kappa shape index (κ3) is 1.89. The molecule has 0 aromatic heterocycles. The van der Waals surface area contributed by atoms with Crippen molar-refractivity contribution in [3.8, 4) is 0 Å². The summed E-state index contributed by atoms with van der Waals surface area (Å²) in [6, 6.07) is 0. The van der Waals surface area contributed by atoms with Crippen LogP contribution in [0.15, 0.2) is 0 Å². The lowest BCUT2D eigenvalue weighted by Crippen LogP contribution is -2.39. The Kier molecular flexibility index (Phi) is 3.13. The van der Waals surface area contributed by atoms with E-state index >= 15 is 0 Å². The quantitative estimate of drug-likeness (QED) is 0.555. The summed E-state index contributed by atoms with van der Waals surface area (Å²) in [6.45, 7) is 3.45. The molecule has 1 saturated carbocycles. The predicted molar refractivity (Wildman–Crippen MR) is 49.8 cm³/mol. The van der Waals surface area contributed by atoms with E-state index in [1.165, 1.54) is 0 Å². The number of carbonyl (C=O) groups is 2. The van der Waals surface area contributed by atoms with Crippen molar-refractivity contribution in [3.05, 3.63) is 0 Å². The third-order valence-corrected chi connectivity index (χ3v) is 2.60. The van der Waals surface area contributed by atoms with Gasteiger partial charge in [0.15, 0.2) is 5.41 Å². The van der Waals surface area contributed by atoms with Crippen LogP contribution < -0.4 is 0 Å². The summed E-state index contributed by atoms with van der Waals surface area (Å²) in [7, 11) is 0. The van der Waals surface area contributed by atoms with Gasteiger partial charge in [-0.15, -0.1) is 0 Å². The Bertz CT molecular complexity index is 239. The summed E-state index contributed by atoms with van der Waals surface area (Å²) in [5.41, 5.74) is -1.26. The van der Waals surface area contributed by atoms with Crippen molar-refractivity contribution in [2.45, 2.75) is 45.6 Å². The molecule has 0 atom stereocenters. The Balaban J connectivity index is 2.77. The SMILES string of the molecule is CC(C)OC(=O)C1(C(=O)O)CCCC1. The molecule has 0 aromatic rings. The van der Waals surface area contributed by atoms with Gasteiger partial charge in [-0.05, 0) is 26.7 Å². The molecule has 1 rings (SSSR count). The lowest BCUT2D eigenvalue weighted by atomic mass is 9.86. The number of aliphatic carboxylic acids is 1. The average molecular weight is 200 g/mol. The fourth-order valence-electron chi connectivity index (χ4n) is 1.81. The van der Waals surface area contributed by atoms with Crippen molar-refractivity contribution in [3.63, 3.8) is 0 Å². The van der Waals surface area contributed by atoms with Crippen LogP contribution >= 0.6 is 0 Å². The fourth-order valence-corrected chi connectivity index (χ4v) is 1.81. The molecule has 1 aliphatic carbocycles. The van der Waals surface area contributed by atoms with Crippen LogP contribution in [0.25, 0.3) is 0 Å². The minimum absolute atomic E-state index is 0.251. The summed E-state index contributed by atoms with van der Waals surface area (Å²) in [5.74, 6) is -1.61. The molecule has 0 spiro atoms. The lowest BCUT2D eigenvalue weighted by molar-refractivity contribution is -0.171. The first-order chi connectivity index (χ1) is 6.49. The number of carboxylic acid groups (broad SMARTS) is 1. The molecule has 1 N–H and O–H groups in total. The van der Waals surface area contributed by atoms with Gasteiger partial charge in [-0.3, -0.25) is 9.59 Å². The standard InChI is InChI=1S/C10H16O4/c1-7(2)14-9(13)10(8(11)12)5-3-4-6-10/h7H,3-6H2,1-2H3,(H,11,12). The normalized spacial score (nSPS) is 19.6. The van der Waals surface area contributed by atoms with E-state index < -0.39 is 17.4 Å². The summed E-state index contributed by atoms with van der Waals surface area (Å²) in [4.78, 5) is 22.7. The topological polar surface area (TPSA) is 63.6 Å². The van der Waals surface area contributed by atoms with Crippen molar-refractivity contribution >= 4 is 11.9 Å². The molecule has 0 radical (unpaired) electrons. The first-order valence-electron chi connectivity index (χ1n) is 4.93. The Morgan fingerprint density at radius 1 is 1.29 bits per heavy atom. The van der Waals surface area contributed by atoms with Gasteiger partial charge >= 0.3 is 11.9 Å². The lowest BCUT2D eigenvalue weighted by Gasteiger charge is -2.22. The zero-order chi connectivity index (χ0) is 10.8. The molecule has 0 heterocycles. The molecular formula is C10H16O4. The molecule has 14 heavy (non-hydrogen) atoms. The molecule has 4 nitrogen and oxygen atoms in total. The number of rotatable bonds is 3. The minimum Gasteiger partial charge on any atom is -0.480 e. The molecule has 0 bridgehead atoms. The van der Waals surface area contributed by atoms with E-state index in [0.717, 1.165) is 12.8 Å². The second-order valence-electron chi connectivity index (χ2n) is 4.05. The molecule has 1 fully saturated rings. The van der Waals surface area contributed by atoms with Gasteiger partial charge in [0.05, 0.1) is 6.10 Å². The zero-order valence-electron chi connectivity index (χ0n) is 8.58. The molecular weight excluding hydrogens is 184 g/mol. The Morgan fingerprint density at radius 3 is 2.14 bits per heavy atom. The highest BCUT2D eigenvalue weighted by molar-refractivity contribution is 5.99. The first kappa shape index (κ1) is 11.0. The highest BCUT2D eigenvalue weighted by Crippen LogP contribution is 2.39. The number of esters is 1. The monoisotopic (exact) mass is 200 g/mol. The van der Waals surface area contributed by atoms with E-state index in [1.807, 2.05) is 0 Å². The highest BCUT2D eigenvalue weighted by atomic mass is 16.5. The Labute approximate surface area is 83.2 Å². The van der Waals surface area contributed by atoms with Crippen LogP contribution in [0.4, 0.5) is 0 Å². The molecule has 0 aromatic carbocycles. The summed E-state index contributed by atoms with van der Waals surface area (Å²) < 4.78 is 4.98. The molecule has 0 unspecified atom stereocenters. The second-order valence-corrected chi connectivity index (χ2v) is 4.05. The van der Waals surface area contributed by atoms with Gasteiger partial charge in [-0.1, -0.05) is 12.8 Å². The van der Waals surface area contributed by atoms with Crippen LogP contribution in [-0.2, 0) is 14.3 Å². The highest BCUT2D eigenvalue weighted by Gasteiger charge is 2.49. The molecule has 1 aliphatic rings. The van der Waals surface area contributed by atoms with E-state index in [4.69, 9.17) is 9.84 Å². The Hall–Kier alpha value is -1.06. The maximum absolute atomic E-state index is 11.6. The van der Waals surface area contributed by atoms with Gasteiger partial charge in [0.2, 0.25) is 0 Å². The molecule has 0 saturated heterocycles. The smallest absolute Gasteiger partial charge is 0.323 e. The largest absolute Gasteiger partial charge is 0.480 e. The van der Waals surface area contributed by atoms with Gasteiger partial charge in [0, 0.05) is 0 Å². The van der Waals surface area contributed by atoms with Gasteiger partial charge in [-0.25, -0.2) is 0 Å². The molecule has 0 amide bonds. The average Bonchev–Trinajstić information content (AvgIpc) is 2.51. The Morgan fingerprint density at radius 2 is 1.79 bits per heavy atom.